The molecule has 3 amide bonds. The molecule has 0 radical (unpaired) electrons. The minimum Gasteiger partial charge on any atom is -0.454 e. The van der Waals surface area contributed by atoms with Gasteiger partial charge >= 0.3 is 6.03 Å². The van der Waals surface area contributed by atoms with Crippen molar-refractivity contribution in [3.05, 3.63) is 23.8 Å². The first kappa shape index (κ1) is 16.4. The highest BCUT2D eigenvalue weighted by atomic mass is 16.7. The van der Waals surface area contributed by atoms with E-state index < -0.39 is 6.04 Å². The Morgan fingerprint density at radius 2 is 1.96 bits per heavy atom. The van der Waals surface area contributed by atoms with E-state index in [2.05, 4.69) is 10.6 Å². The number of hydrogen-bond donors (Lipinski definition) is 2. The van der Waals surface area contributed by atoms with Crippen LogP contribution in [0.2, 0.25) is 0 Å². The lowest BCUT2D eigenvalue weighted by Crippen LogP contribution is -2.52. The van der Waals surface area contributed by atoms with Gasteiger partial charge in [-0.1, -0.05) is 6.07 Å². The highest BCUT2D eigenvalue weighted by Gasteiger charge is 2.21. The molecule has 0 bridgehead atoms. The molecule has 8 heteroatoms. The van der Waals surface area contributed by atoms with Crippen molar-refractivity contribution in [3.63, 3.8) is 0 Å². The quantitative estimate of drug-likeness (QED) is 0.834. The van der Waals surface area contributed by atoms with Crippen LogP contribution in [0, 0.1) is 0 Å². The summed E-state index contributed by atoms with van der Waals surface area (Å²) in [6, 6.07) is 4.65. The summed E-state index contributed by atoms with van der Waals surface area (Å²) in [4.78, 5) is 25.9. The van der Waals surface area contributed by atoms with Gasteiger partial charge in [0.05, 0.1) is 13.2 Å². The average molecular weight is 335 g/mol. The average Bonchev–Trinajstić information content (AvgIpc) is 3.08. The second-order valence-corrected chi connectivity index (χ2v) is 5.68. The zero-order valence-electron chi connectivity index (χ0n) is 13.5. The molecule has 130 valence electrons. The van der Waals surface area contributed by atoms with Crippen molar-refractivity contribution in [1.82, 2.24) is 15.5 Å². The van der Waals surface area contributed by atoms with Gasteiger partial charge in [-0.25, -0.2) is 4.79 Å². The zero-order valence-corrected chi connectivity index (χ0v) is 13.5. The molecule has 0 aromatic heterocycles. The molecule has 1 fully saturated rings. The number of amides is 3. The van der Waals surface area contributed by atoms with Crippen molar-refractivity contribution in [1.29, 1.82) is 0 Å². The summed E-state index contributed by atoms with van der Waals surface area (Å²) in [5.74, 6) is 1.14. The van der Waals surface area contributed by atoms with E-state index in [0.29, 0.717) is 44.3 Å². The second-order valence-electron chi connectivity index (χ2n) is 5.68. The number of morpholine rings is 1. The minimum absolute atomic E-state index is 0.218. The lowest BCUT2D eigenvalue weighted by atomic mass is 10.2. The minimum atomic E-state index is -0.616. The number of carbonyl (C=O) groups is 2. The molecular formula is C16H21N3O5. The summed E-state index contributed by atoms with van der Waals surface area (Å²) in [5, 5.41) is 5.51. The zero-order chi connectivity index (χ0) is 16.9. The number of rotatable bonds is 4. The Morgan fingerprint density at radius 3 is 2.75 bits per heavy atom. The van der Waals surface area contributed by atoms with Crippen molar-refractivity contribution in [2.24, 2.45) is 0 Å². The van der Waals surface area contributed by atoms with Crippen LogP contribution in [-0.4, -0.2) is 56.0 Å². The Bertz CT molecular complexity index is 616. The number of ether oxygens (including phenoxy) is 3. The normalized spacial score (nSPS) is 17.3. The molecule has 1 aromatic carbocycles. The van der Waals surface area contributed by atoms with E-state index in [4.69, 9.17) is 14.2 Å². The molecule has 2 N–H and O–H groups in total. The van der Waals surface area contributed by atoms with Crippen molar-refractivity contribution >= 4 is 11.9 Å². The third-order valence-electron chi connectivity index (χ3n) is 3.94. The molecule has 1 atom stereocenters. The van der Waals surface area contributed by atoms with Crippen LogP contribution in [0.1, 0.15) is 12.5 Å². The monoisotopic (exact) mass is 335 g/mol. The van der Waals surface area contributed by atoms with Gasteiger partial charge in [0.2, 0.25) is 12.7 Å². The van der Waals surface area contributed by atoms with E-state index in [9.17, 15) is 9.59 Å². The third-order valence-corrected chi connectivity index (χ3v) is 3.94. The van der Waals surface area contributed by atoms with Gasteiger partial charge in [0.1, 0.15) is 6.04 Å². The molecule has 0 unspecified atom stereocenters. The molecule has 24 heavy (non-hydrogen) atoms. The third kappa shape index (κ3) is 3.88. The lowest BCUT2D eigenvalue weighted by molar-refractivity contribution is -0.122. The summed E-state index contributed by atoms with van der Waals surface area (Å²) in [5.41, 5.74) is 0.902. The van der Waals surface area contributed by atoms with Crippen LogP contribution in [0.4, 0.5) is 4.79 Å². The largest absolute Gasteiger partial charge is 0.454 e. The maximum atomic E-state index is 12.1. The SMILES string of the molecule is C[C@@H](NC(=O)N1CCOCC1)C(=O)NCc1ccc2c(c1)OCO2. The van der Waals surface area contributed by atoms with Gasteiger partial charge in [-0.15, -0.1) is 0 Å². The number of benzene rings is 1. The number of nitrogens with zero attached hydrogens (tertiary/aromatic N) is 1. The summed E-state index contributed by atoms with van der Waals surface area (Å²) in [7, 11) is 0. The Labute approximate surface area is 140 Å². The van der Waals surface area contributed by atoms with Crippen LogP contribution >= 0.6 is 0 Å². The predicted octanol–water partition coefficient (Wildman–Crippen LogP) is 0.462. The maximum Gasteiger partial charge on any atom is 0.318 e. The molecule has 2 aliphatic heterocycles. The number of nitrogens with one attached hydrogen (secondary N) is 2. The van der Waals surface area contributed by atoms with Crippen molar-refractivity contribution in [2.45, 2.75) is 19.5 Å². The number of hydrogen-bond acceptors (Lipinski definition) is 5. The Kier molecular flexibility index (Phi) is 5.05. The van der Waals surface area contributed by atoms with E-state index in [-0.39, 0.29) is 18.7 Å². The van der Waals surface area contributed by atoms with Crippen molar-refractivity contribution in [3.8, 4) is 11.5 Å². The maximum absolute atomic E-state index is 12.1. The molecular weight excluding hydrogens is 314 g/mol. The fourth-order valence-corrected chi connectivity index (χ4v) is 2.50. The summed E-state index contributed by atoms with van der Waals surface area (Å²) >= 11 is 0. The molecule has 2 aliphatic rings. The Morgan fingerprint density at radius 1 is 1.21 bits per heavy atom. The van der Waals surface area contributed by atoms with Gasteiger partial charge in [0, 0.05) is 19.6 Å². The topological polar surface area (TPSA) is 89.1 Å². The van der Waals surface area contributed by atoms with Gasteiger partial charge in [0.25, 0.3) is 0 Å². The van der Waals surface area contributed by atoms with Crippen LogP contribution in [-0.2, 0) is 16.1 Å². The van der Waals surface area contributed by atoms with E-state index in [1.54, 1.807) is 11.8 Å². The van der Waals surface area contributed by atoms with Gasteiger partial charge in [0.15, 0.2) is 11.5 Å². The fourth-order valence-electron chi connectivity index (χ4n) is 2.50. The standard InChI is InChI=1S/C16H21N3O5/c1-11(18-16(21)19-4-6-22-7-5-19)15(20)17-9-12-2-3-13-14(8-12)24-10-23-13/h2-3,8,11H,4-7,9-10H2,1H3,(H,17,20)(H,18,21)/t11-/m1/s1. The van der Waals surface area contributed by atoms with Gasteiger partial charge in [-0.3, -0.25) is 4.79 Å². The molecule has 0 aliphatic carbocycles. The first-order valence-corrected chi connectivity index (χ1v) is 7.93. The van der Waals surface area contributed by atoms with E-state index >= 15 is 0 Å². The lowest BCUT2D eigenvalue weighted by Gasteiger charge is -2.28. The predicted molar refractivity (Wildman–Crippen MR) is 84.8 cm³/mol. The Hall–Kier alpha value is -2.48. The van der Waals surface area contributed by atoms with Gasteiger partial charge in [-0.2, -0.15) is 0 Å². The van der Waals surface area contributed by atoms with E-state index in [1.807, 2.05) is 18.2 Å². The first-order valence-electron chi connectivity index (χ1n) is 7.93. The summed E-state index contributed by atoms with van der Waals surface area (Å²) < 4.78 is 15.8. The number of carbonyl (C=O) groups excluding carboxylic acids is 2. The molecule has 1 saturated heterocycles. The molecule has 1 aromatic rings. The summed E-state index contributed by atoms with van der Waals surface area (Å²) in [6.07, 6.45) is 0. The number of fused-ring (bicyclic) bond motifs is 1. The van der Waals surface area contributed by atoms with Crippen LogP contribution in [0.5, 0.6) is 11.5 Å². The van der Waals surface area contributed by atoms with E-state index in [0.717, 1.165) is 5.56 Å². The van der Waals surface area contributed by atoms with Crippen LogP contribution < -0.4 is 20.1 Å². The molecule has 3 rings (SSSR count). The molecule has 0 saturated carbocycles. The van der Waals surface area contributed by atoms with Crippen molar-refractivity contribution in [2.75, 3.05) is 33.1 Å². The highest BCUT2D eigenvalue weighted by Crippen LogP contribution is 2.32. The second kappa shape index (κ2) is 7.39. The summed E-state index contributed by atoms with van der Waals surface area (Å²) in [6.45, 7) is 4.36. The molecule has 8 nitrogen and oxygen atoms in total. The van der Waals surface area contributed by atoms with Gasteiger partial charge in [-0.05, 0) is 24.6 Å². The van der Waals surface area contributed by atoms with Crippen LogP contribution in [0.15, 0.2) is 18.2 Å². The fraction of sp³-hybridized carbons (Fsp3) is 0.500. The Balaban J connectivity index is 1.46. The molecule has 0 spiro atoms. The van der Waals surface area contributed by atoms with Crippen LogP contribution in [0.25, 0.3) is 0 Å². The van der Waals surface area contributed by atoms with Crippen LogP contribution in [0.3, 0.4) is 0 Å². The highest BCUT2D eigenvalue weighted by molar-refractivity contribution is 5.86. The van der Waals surface area contributed by atoms with Crippen molar-refractivity contribution < 1.29 is 23.8 Å². The van der Waals surface area contributed by atoms with Gasteiger partial charge < -0.3 is 29.7 Å². The van der Waals surface area contributed by atoms with E-state index in [1.165, 1.54) is 0 Å². The smallest absolute Gasteiger partial charge is 0.318 e. The molecule has 2 heterocycles. The number of urea groups is 1. The first-order chi connectivity index (χ1) is 11.6.